The number of hydrogen-bond donors (Lipinski definition) is 0. The lowest BCUT2D eigenvalue weighted by molar-refractivity contribution is 0.344. The van der Waals surface area contributed by atoms with Gasteiger partial charge in [0.05, 0.1) is 24.6 Å². The molecule has 0 amide bonds. The van der Waals surface area contributed by atoms with Crippen molar-refractivity contribution in [1.82, 2.24) is 9.80 Å². The third kappa shape index (κ3) is 10.1. The number of hydrogen-bond acceptors (Lipinski definition) is 6. The van der Waals surface area contributed by atoms with E-state index in [4.69, 9.17) is 8.83 Å². The van der Waals surface area contributed by atoms with Gasteiger partial charge in [-0.1, -0.05) is 12.8 Å². The Balaban J connectivity index is 1.41. The van der Waals surface area contributed by atoms with Gasteiger partial charge in [0, 0.05) is 0 Å². The average molecular weight is 425 g/mol. The van der Waals surface area contributed by atoms with Crippen LogP contribution in [0.25, 0.3) is 0 Å². The molecule has 0 saturated carbocycles. The van der Waals surface area contributed by atoms with Crippen molar-refractivity contribution in [1.29, 1.82) is 0 Å². The van der Waals surface area contributed by atoms with E-state index in [-0.39, 0.29) is 0 Å². The Kier molecular flexibility index (Phi) is 11.2. The van der Waals surface area contributed by atoms with E-state index >= 15 is 0 Å². The van der Waals surface area contributed by atoms with Crippen molar-refractivity contribution in [3.8, 4) is 0 Å². The molecule has 28 heavy (non-hydrogen) atoms. The van der Waals surface area contributed by atoms with Crippen molar-refractivity contribution in [3.05, 3.63) is 47.3 Å². The van der Waals surface area contributed by atoms with Crippen LogP contribution in [0.1, 0.15) is 48.7 Å². The SMILES string of the molecule is CN(C)Cc1ccc(CSCCCCCCSCc2ccc(CN(C)C)o2)o1. The van der Waals surface area contributed by atoms with Gasteiger partial charge in [0.2, 0.25) is 0 Å². The topological polar surface area (TPSA) is 32.8 Å². The minimum atomic E-state index is 0.875. The van der Waals surface area contributed by atoms with E-state index in [2.05, 4.69) is 62.3 Å². The van der Waals surface area contributed by atoms with Crippen LogP contribution in [-0.4, -0.2) is 49.5 Å². The van der Waals surface area contributed by atoms with Crippen LogP contribution < -0.4 is 0 Å². The lowest BCUT2D eigenvalue weighted by Crippen LogP contribution is -2.09. The standard InChI is InChI=1S/C22H36N2O2S2/c1-23(2)15-19-9-11-21(25-19)17-27-13-7-5-6-8-14-28-18-22-12-10-20(26-22)16-24(3)4/h9-12H,5-8,13-18H2,1-4H3. The van der Waals surface area contributed by atoms with Gasteiger partial charge in [-0.3, -0.25) is 0 Å². The highest BCUT2D eigenvalue weighted by Crippen LogP contribution is 2.20. The second kappa shape index (κ2) is 13.4. The Morgan fingerprint density at radius 1 is 0.607 bits per heavy atom. The summed E-state index contributed by atoms with van der Waals surface area (Å²) in [5, 5.41) is 0. The minimum absolute atomic E-state index is 0.875. The van der Waals surface area contributed by atoms with E-state index in [0.29, 0.717) is 0 Å². The first-order chi connectivity index (χ1) is 13.5. The molecule has 0 aromatic carbocycles. The van der Waals surface area contributed by atoms with Crippen molar-refractivity contribution in [2.24, 2.45) is 0 Å². The summed E-state index contributed by atoms with van der Waals surface area (Å²) in [6.07, 6.45) is 5.25. The second-order valence-corrected chi connectivity index (χ2v) is 9.94. The van der Waals surface area contributed by atoms with Crippen molar-refractivity contribution in [3.63, 3.8) is 0 Å². The maximum absolute atomic E-state index is 5.85. The van der Waals surface area contributed by atoms with Crippen molar-refractivity contribution < 1.29 is 8.83 Å². The zero-order valence-corrected chi connectivity index (χ0v) is 19.5. The van der Waals surface area contributed by atoms with E-state index in [1.807, 2.05) is 23.5 Å². The van der Waals surface area contributed by atoms with Crippen molar-refractivity contribution in [2.45, 2.75) is 50.3 Å². The Bertz CT molecular complexity index is 596. The van der Waals surface area contributed by atoms with Crippen molar-refractivity contribution in [2.75, 3.05) is 39.7 Å². The highest BCUT2D eigenvalue weighted by atomic mass is 32.2. The Morgan fingerprint density at radius 2 is 1.00 bits per heavy atom. The summed E-state index contributed by atoms with van der Waals surface area (Å²) in [6.45, 7) is 1.75. The summed E-state index contributed by atoms with van der Waals surface area (Å²) in [7, 11) is 8.26. The van der Waals surface area contributed by atoms with E-state index in [1.165, 1.54) is 37.2 Å². The third-order valence-electron chi connectivity index (χ3n) is 4.19. The largest absolute Gasteiger partial charge is 0.464 e. The summed E-state index contributed by atoms with van der Waals surface area (Å²) in [5.74, 6) is 8.73. The summed E-state index contributed by atoms with van der Waals surface area (Å²) in [4.78, 5) is 4.26. The van der Waals surface area contributed by atoms with E-state index in [1.54, 1.807) is 0 Å². The molecule has 0 atom stereocenters. The molecule has 0 unspecified atom stereocenters. The zero-order chi connectivity index (χ0) is 20.2. The average Bonchev–Trinajstić information content (AvgIpc) is 3.25. The van der Waals surface area contributed by atoms with Crippen LogP contribution in [0, 0.1) is 0 Å². The highest BCUT2D eigenvalue weighted by molar-refractivity contribution is 7.98. The lowest BCUT2D eigenvalue weighted by Gasteiger charge is -2.06. The molecule has 6 heteroatoms. The Labute approximate surface area is 179 Å². The van der Waals surface area contributed by atoms with Gasteiger partial charge in [-0.15, -0.1) is 0 Å². The van der Waals surface area contributed by atoms with Gasteiger partial charge >= 0.3 is 0 Å². The quantitative estimate of drug-likeness (QED) is 0.340. The normalized spacial score (nSPS) is 11.8. The molecule has 0 saturated heterocycles. The van der Waals surface area contributed by atoms with Crippen LogP contribution >= 0.6 is 23.5 Å². The van der Waals surface area contributed by atoms with Crippen LogP contribution in [0.4, 0.5) is 0 Å². The number of rotatable bonds is 15. The summed E-state index contributed by atoms with van der Waals surface area (Å²) < 4.78 is 11.7. The predicted octanol–water partition coefficient (Wildman–Crippen LogP) is 5.72. The molecule has 0 aliphatic rings. The summed E-state index contributed by atoms with van der Waals surface area (Å²) in [5.41, 5.74) is 0. The first-order valence-corrected chi connectivity index (χ1v) is 12.4. The van der Waals surface area contributed by atoms with Gasteiger partial charge in [0.1, 0.15) is 23.0 Å². The second-order valence-electron chi connectivity index (χ2n) is 7.73. The molecule has 0 aliphatic carbocycles. The van der Waals surface area contributed by atoms with E-state index in [9.17, 15) is 0 Å². The van der Waals surface area contributed by atoms with Crippen molar-refractivity contribution >= 4 is 23.5 Å². The molecule has 2 aromatic rings. The molecular weight excluding hydrogens is 388 g/mol. The first kappa shape index (κ1) is 23.5. The molecule has 158 valence electrons. The number of thioether (sulfide) groups is 2. The van der Waals surface area contributed by atoms with E-state index in [0.717, 1.165) is 47.6 Å². The fourth-order valence-corrected chi connectivity index (χ4v) is 4.72. The fraction of sp³-hybridized carbons (Fsp3) is 0.636. The summed E-state index contributed by atoms with van der Waals surface area (Å²) in [6, 6.07) is 8.43. The van der Waals surface area contributed by atoms with Gasteiger partial charge in [-0.2, -0.15) is 23.5 Å². The number of nitrogens with zero attached hydrogens (tertiary/aromatic N) is 2. The van der Waals surface area contributed by atoms with Crippen LogP contribution in [0.15, 0.2) is 33.1 Å². The maximum atomic E-state index is 5.85. The molecule has 0 N–H and O–H groups in total. The van der Waals surface area contributed by atoms with Gasteiger partial charge < -0.3 is 18.6 Å². The first-order valence-electron chi connectivity index (χ1n) is 10.1. The van der Waals surface area contributed by atoms with E-state index < -0.39 is 0 Å². The molecule has 0 radical (unpaired) electrons. The van der Waals surface area contributed by atoms with Gasteiger partial charge in [-0.05, 0) is 76.8 Å². The fourth-order valence-electron chi connectivity index (χ4n) is 2.90. The number of unbranched alkanes of at least 4 members (excludes halogenated alkanes) is 3. The van der Waals surface area contributed by atoms with Crippen LogP contribution in [0.2, 0.25) is 0 Å². The van der Waals surface area contributed by atoms with Crippen LogP contribution in [0.3, 0.4) is 0 Å². The monoisotopic (exact) mass is 424 g/mol. The van der Waals surface area contributed by atoms with Crippen LogP contribution in [-0.2, 0) is 24.6 Å². The van der Waals surface area contributed by atoms with Crippen LogP contribution in [0.5, 0.6) is 0 Å². The molecular formula is C22H36N2O2S2. The zero-order valence-electron chi connectivity index (χ0n) is 17.9. The molecule has 0 spiro atoms. The van der Waals surface area contributed by atoms with Gasteiger partial charge in [0.15, 0.2) is 0 Å². The lowest BCUT2D eigenvalue weighted by atomic mass is 10.2. The molecule has 0 aliphatic heterocycles. The smallest absolute Gasteiger partial charge is 0.118 e. The molecule has 2 heterocycles. The Hall–Kier alpha value is -0.820. The molecule has 0 bridgehead atoms. The number of furan rings is 2. The minimum Gasteiger partial charge on any atom is -0.464 e. The molecule has 2 aromatic heterocycles. The Morgan fingerprint density at radius 3 is 1.39 bits per heavy atom. The third-order valence-corrected chi connectivity index (χ3v) is 6.33. The molecule has 4 nitrogen and oxygen atoms in total. The van der Waals surface area contributed by atoms with Gasteiger partial charge in [0.25, 0.3) is 0 Å². The molecule has 2 rings (SSSR count). The van der Waals surface area contributed by atoms with Gasteiger partial charge in [-0.25, -0.2) is 0 Å². The predicted molar refractivity (Wildman–Crippen MR) is 123 cm³/mol. The maximum Gasteiger partial charge on any atom is 0.118 e. The highest BCUT2D eigenvalue weighted by Gasteiger charge is 2.04. The molecule has 0 fully saturated rings. The summed E-state index contributed by atoms with van der Waals surface area (Å²) >= 11 is 3.96.